The van der Waals surface area contributed by atoms with E-state index in [0.717, 1.165) is 11.0 Å². The third-order valence-corrected chi connectivity index (χ3v) is 1.94. The Morgan fingerprint density at radius 2 is 1.38 bits per heavy atom. The minimum absolute atomic E-state index is 0. The van der Waals surface area contributed by atoms with E-state index in [9.17, 15) is 0 Å². The molecule has 0 unspecified atom stereocenters. The van der Waals surface area contributed by atoms with Crippen molar-refractivity contribution in [3.05, 3.63) is 67.0 Å². The van der Waals surface area contributed by atoms with Crippen LogP contribution in [0.3, 0.4) is 0 Å². The number of aromatic nitrogens is 2. The zero-order chi connectivity index (χ0) is 10.3. The topological polar surface area (TPSA) is 28.7 Å². The average Bonchev–Trinajstić information content (AvgIpc) is 2.80. The van der Waals surface area contributed by atoms with Crippen LogP contribution in [0.4, 0.5) is 0 Å². The first-order valence-corrected chi connectivity index (χ1v) is 4.77. The van der Waals surface area contributed by atoms with E-state index in [-0.39, 0.29) is 21.7 Å². The van der Waals surface area contributed by atoms with Crippen LogP contribution < -0.4 is 0 Å². The van der Waals surface area contributed by atoms with Crippen LogP contribution >= 0.6 is 0 Å². The van der Waals surface area contributed by atoms with Crippen molar-refractivity contribution < 1.29 is 21.7 Å². The molecular formula is C13H11N2Ti-. The first kappa shape index (κ1) is 12.7. The van der Waals surface area contributed by atoms with E-state index in [4.69, 9.17) is 0 Å². The van der Waals surface area contributed by atoms with Gasteiger partial charge >= 0.3 is 0 Å². The molecule has 0 saturated carbocycles. The summed E-state index contributed by atoms with van der Waals surface area (Å²) in [6.07, 6.45) is 2.66. The number of benzene rings is 2. The second kappa shape index (κ2) is 6.99. The molecule has 0 spiro atoms. The molecule has 3 rings (SSSR count). The Morgan fingerprint density at radius 3 is 1.94 bits per heavy atom. The second-order valence-electron chi connectivity index (χ2n) is 3.02. The average molecular weight is 243 g/mol. The predicted molar refractivity (Wildman–Crippen MR) is 61.4 cm³/mol. The molecule has 1 heterocycles. The molecule has 0 atom stereocenters. The van der Waals surface area contributed by atoms with E-state index < -0.39 is 0 Å². The van der Waals surface area contributed by atoms with Gasteiger partial charge in [-0.15, -0.1) is 12.1 Å². The molecule has 1 N–H and O–H groups in total. The maximum Gasteiger partial charge on any atom is 0 e. The van der Waals surface area contributed by atoms with Gasteiger partial charge in [0.05, 0.1) is 0 Å². The fraction of sp³-hybridized carbons (Fsp3) is 0. The first-order valence-electron chi connectivity index (χ1n) is 4.77. The Kier molecular flexibility index (Phi) is 5.55. The van der Waals surface area contributed by atoms with Crippen molar-refractivity contribution >= 4 is 11.0 Å². The molecular weight excluding hydrogens is 232 g/mol. The number of nitrogens with zero attached hydrogens (tertiary/aromatic N) is 1. The van der Waals surface area contributed by atoms with Crippen LogP contribution in [0.15, 0.2) is 60.7 Å². The van der Waals surface area contributed by atoms with Crippen LogP contribution in [-0.4, -0.2) is 9.97 Å². The summed E-state index contributed by atoms with van der Waals surface area (Å²) in [5.41, 5.74) is 2.01. The monoisotopic (exact) mass is 243 g/mol. The Morgan fingerprint density at radius 1 is 0.812 bits per heavy atom. The molecule has 0 amide bonds. The zero-order valence-electron chi connectivity index (χ0n) is 8.72. The summed E-state index contributed by atoms with van der Waals surface area (Å²) in [5.74, 6) is 0. The van der Waals surface area contributed by atoms with Crippen LogP contribution in [0.5, 0.6) is 0 Å². The number of nitrogens with one attached hydrogen (secondary N) is 1. The van der Waals surface area contributed by atoms with Gasteiger partial charge in [0, 0.05) is 21.7 Å². The summed E-state index contributed by atoms with van der Waals surface area (Å²) in [6, 6.07) is 19.8. The maximum absolute atomic E-state index is 3.94. The van der Waals surface area contributed by atoms with Gasteiger partial charge in [0.15, 0.2) is 0 Å². The molecule has 2 aromatic carbocycles. The standard InChI is InChI=1S/C7H5N2.C6H6.Ti/c1-2-4-7-6(3-1)8-5-9-7;1-2-4-6-5-3-1;/h1-4H,(H,8,9);1-6H;/q-1;;. The quantitative estimate of drug-likeness (QED) is 0.477. The van der Waals surface area contributed by atoms with Crippen LogP contribution in [0.25, 0.3) is 11.0 Å². The van der Waals surface area contributed by atoms with Crippen LogP contribution in [-0.2, 0) is 21.7 Å². The Bertz CT molecular complexity index is 448. The Balaban J connectivity index is 0.000000162. The molecule has 78 valence electrons. The van der Waals surface area contributed by atoms with Crippen molar-refractivity contribution in [3.8, 4) is 0 Å². The predicted octanol–water partition coefficient (Wildman–Crippen LogP) is 3.05. The van der Waals surface area contributed by atoms with E-state index in [1.54, 1.807) is 0 Å². The zero-order valence-corrected chi connectivity index (χ0v) is 10.3. The van der Waals surface area contributed by atoms with E-state index in [0.29, 0.717) is 0 Å². The van der Waals surface area contributed by atoms with Crippen molar-refractivity contribution in [1.29, 1.82) is 0 Å². The van der Waals surface area contributed by atoms with Crippen molar-refractivity contribution in [3.63, 3.8) is 0 Å². The fourth-order valence-corrected chi connectivity index (χ4v) is 1.21. The molecule has 2 nitrogen and oxygen atoms in total. The third kappa shape index (κ3) is 3.65. The number of rotatable bonds is 0. The number of hydrogen-bond acceptors (Lipinski definition) is 1. The van der Waals surface area contributed by atoms with Gasteiger partial charge in [-0.1, -0.05) is 59.6 Å². The van der Waals surface area contributed by atoms with Crippen LogP contribution in [0.2, 0.25) is 0 Å². The number of aromatic amines is 1. The molecule has 0 saturated heterocycles. The van der Waals surface area contributed by atoms with E-state index in [1.165, 1.54) is 0 Å². The molecule has 0 fully saturated rings. The molecule has 0 radical (unpaired) electrons. The molecule has 0 aliphatic heterocycles. The molecule has 1 aromatic heterocycles. The third-order valence-electron chi connectivity index (χ3n) is 1.94. The number of fused-ring (bicyclic) bond motifs is 1. The summed E-state index contributed by atoms with van der Waals surface area (Å²) >= 11 is 0. The van der Waals surface area contributed by atoms with Gasteiger partial charge in [-0.05, 0) is 6.33 Å². The SMILES string of the molecule is [Ti].[c-]1nc2ccccc2[nH]1.c1ccccc1. The molecule has 0 aliphatic carbocycles. The maximum atomic E-state index is 3.94. The number of imidazole rings is 1. The van der Waals surface area contributed by atoms with E-state index in [1.807, 2.05) is 60.7 Å². The van der Waals surface area contributed by atoms with Gasteiger partial charge < -0.3 is 9.97 Å². The number of para-hydroxylation sites is 2. The van der Waals surface area contributed by atoms with E-state index >= 15 is 0 Å². The smallest absolute Gasteiger partial charge is 0 e. The van der Waals surface area contributed by atoms with Crippen LogP contribution in [0, 0.1) is 6.33 Å². The fourth-order valence-electron chi connectivity index (χ4n) is 1.21. The van der Waals surface area contributed by atoms with Gasteiger partial charge in [0.2, 0.25) is 0 Å². The minimum Gasteiger partial charge on any atom is -0.461 e. The summed E-state index contributed by atoms with van der Waals surface area (Å²) in [5, 5.41) is 0. The largest absolute Gasteiger partial charge is 0.461 e. The van der Waals surface area contributed by atoms with Gasteiger partial charge in [-0.2, -0.15) is 0 Å². The van der Waals surface area contributed by atoms with Gasteiger partial charge in [0.1, 0.15) is 0 Å². The van der Waals surface area contributed by atoms with Crippen molar-refractivity contribution in [2.75, 3.05) is 0 Å². The van der Waals surface area contributed by atoms with E-state index in [2.05, 4.69) is 16.3 Å². The molecule has 16 heavy (non-hydrogen) atoms. The summed E-state index contributed by atoms with van der Waals surface area (Å²) in [4.78, 5) is 6.82. The number of hydrogen-bond donors (Lipinski definition) is 1. The summed E-state index contributed by atoms with van der Waals surface area (Å²) in [7, 11) is 0. The number of H-pyrrole nitrogens is 1. The summed E-state index contributed by atoms with van der Waals surface area (Å²) in [6.45, 7) is 0. The summed E-state index contributed by atoms with van der Waals surface area (Å²) < 4.78 is 0. The first-order chi connectivity index (χ1) is 7.47. The Hall–Kier alpha value is -1.38. The van der Waals surface area contributed by atoms with Crippen LogP contribution in [0.1, 0.15) is 0 Å². The Labute approximate surface area is 110 Å². The second-order valence-corrected chi connectivity index (χ2v) is 3.02. The molecule has 3 heteroatoms. The van der Waals surface area contributed by atoms with Gasteiger partial charge in [0.25, 0.3) is 0 Å². The van der Waals surface area contributed by atoms with Gasteiger partial charge in [-0.3, -0.25) is 0 Å². The molecule has 3 aromatic rings. The van der Waals surface area contributed by atoms with Crippen molar-refractivity contribution in [2.45, 2.75) is 0 Å². The normalized spacial score (nSPS) is 8.75. The minimum atomic E-state index is 0. The van der Waals surface area contributed by atoms with Gasteiger partial charge in [-0.25, -0.2) is 0 Å². The van der Waals surface area contributed by atoms with Crippen molar-refractivity contribution in [1.82, 2.24) is 9.97 Å². The molecule has 0 bridgehead atoms. The van der Waals surface area contributed by atoms with Crippen molar-refractivity contribution in [2.24, 2.45) is 0 Å². The molecule has 0 aliphatic rings.